The van der Waals surface area contributed by atoms with Crippen molar-refractivity contribution in [1.29, 1.82) is 0 Å². The molecule has 0 N–H and O–H groups in total. The molecule has 5 radical (unpaired) electrons. The van der Waals surface area contributed by atoms with Crippen LogP contribution in [0.5, 0.6) is 0 Å². The minimum atomic E-state index is -0.579. The largest absolute Gasteiger partial charge is 0.269 e. The molecule has 1 aliphatic carbocycles. The van der Waals surface area contributed by atoms with E-state index < -0.39 is 7.92 Å². The predicted octanol–water partition coefficient (Wildman–Crippen LogP) is 4.31. The van der Waals surface area contributed by atoms with E-state index in [4.69, 9.17) is 0 Å². The smallest absolute Gasteiger partial charge is 0.0566 e. The first kappa shape index (κ1) is 16.5. The zero-order valence-corrected chi connectivity index (χ0v) is 15.1. The van der Waals surface area contributed by atoms with Crippen molar-refractivity contribution in [2.24, 2.45) is 0 Å². The van der Waals surface area contributed by atoms with E-state index in [-0.39, 0.29) is 6.04 Å². The molecular formula is C22H20N2P. The van der Waals surface area contributed by atoms with Crippen LogP contribution in [0.1, 0.15) is 13.0 Å². The van der Waals surface area contributed by atoms with Gasteiger partial charge in [0.2, 0.25) is 0 Å². The number of rotatable bonds is 5. The molecule has 1 fully saturated rings. The highest BCUT2D eigenvalue weighted by Crippen LogP contribution is 2.58. The summed E-state index contributed by atoms with van der Waals surface area (Å²) in [4.78, 5) is 0. The monoisotopic (exact) mass is 343 g/mol. The molecule has 3 heteroatoms. The summed E-state index contributed by atoms with van der Waals surface area (Å²) in [6, 6.07) is 23.9. The van der Waals surface area contributed by atoms with Gasteiger partial charge in [-0.1, -0.05) is 60.7 Å². The van der Waals surface area contributed by atoms with Crippen molar-refractivity contribution in [3.05, 3.63) is 110 Å². The Morgan fingerprint density at radius 3 is 2.04 bits per heavy atom. The van der Waals surface area contributed by atoms with Crippen LogP contribution in [0.4, 0.5) is 0 Å². The molecule has 1 atom stereocenters. The van der Waals surface area contributed by atoms with Gasteiger partial charge in [-0.3, -0.25) is 4.68 Å². The molecule has 1 aliphatic rings. The third-order valence-electron chi connectivity index (χ3n) is 4.47. The third kappa shape index (κ3) is 3.41. The van der Waals surface area contributed by atoms with Gasteiger partial charge in [-0.05, 0) is 50.8 Å². The average molecular weight is 343 g/mol. The Balaban J connectivity index is 1.71. The summed E-state index contributed by atoms with van der Waals surface area (Å²) < 4.78 is 2.03. The van der Waals surface area contributed by atoms with Crippen molar-refractivity contribution in [1.82, 2.24) is 9.78 Å². The Labute approximate surface area is 151 Å². The fourth-order valence-corrected chi connectivity index (χ4v) is 5.76. The van der Waals surface area contributed by atoms with Crippen molar-refractivity contribution >= 4 is 18.5 Å². The molecule has 0 amide bonds. The van der Waals surface area contributed by atoms with Crippen LogP contribution >= 0.6 is 7.92 Å². The van der Waals surface area contributed by atoms with Crippen LogP contribution in [0.15, 0.2) is 79.1 Å². The number of nitrogens with zero attached hydrogens (tertiary/aromatic N) is 2. The number of hydrogen-bond donors (Lipinski definition) is 0. The molecule has 1 heterocycles. The number of benzene rings is 2. The SMILES string of the molecule is C[C@H]([C]1[CH][CH][CH][C]1P(c1ccccc1)c1ccccc1)n1cccn1. The van der Waals surface area contributed by atoms with Crippen LogP contribution in [-0.4, -0.2) is 9.78 Å². The maximum absolute atomic E-state index is 4.44. The van der Waals surface area contributed by atoms with Crippen molar-refractivity contribution in [3.8, 4) is 0 Å². The van der Waals surface area contributed by atoms with Crippen molar-refractivity contribution in [2.75, 3.05) is 0 Å². The van der Waals surface area contributed by atoms with Gasteiger partial charge in [-0.2, -0.15) is 5.10 Å². The fourth-order valence-electron chi connectivity index (χ4n) is 3.22. The summed E-state index contributed by atoms with van der Waals surface area (Å²) in [5, 5.41) is 7.20. The molecule has 2 nitrogen and oxygen atoms in total. The Bertz CT molecular complexity index is 731. The first-order valence-electron chi connectivity index (χ1n) is 8.49. The molecule has 2 aromatic carbocycles. The highest BCUT2D eigenvalue weighted by Gasteiger charge is 2.40. The maximum Gasteiger partial charge on any atom is 0.0566 e. The lowest BCUT2D eigenvalue weighted by atomic mass is 9.99. The van der Waals surface area contributed by atoms with E-state index in [9.17, 15) is 0 Å². The van der Waals surface area contributed by atoms with Crippen LogP contribution in [-0.2, 0) is 0 Å². The van der Waals surface area contributed by atoms with E-state index in [1.165, 1.54) is 22.2 Å². The lowest BCUT2D eigenvalue weighted by Crippen LogP contribution is -2.23. The molecule has 25 heavy (non-hydrogen) atoms. The quantitative estimate of drug-likeness (QED) is 0.631. The lowest BCUT2D eigenvalue weighted by Gasteiger charge is -2.32. The maximum atomic E-state index is 4.44. The van der Waals surface area contributed by atoms with E-state index in [1.54, 1.807) is 0 Å². The fraction of sp³-hybridized carbons (Fsp3) is 0.0909. The summed E-state index contributed by atoms with van der Waals surface area (Å²) >= 11 is 0. The summed E-state index contributed by atoms with van der Waals surface area (Å²) in [5.41, 5.74) is 1.41. The molecule has 0 saturated heterocycles. The first-order valence-corrected chi connectivity index (χ1v) is 9.84. The second-order valence-electron chi connectivity index (χ2n) is 6.03. The van der Waals surface area contributed by atoms with Crippen LogP contribution in [0, 0.1) is 30.8 Å². The van der Waals surface area contributed by atoms with Gasteiger partial charge in [0.25, 0.3) is 0 Å². The number of hydrogen-bond acceptors (Lipinski definition) is 1. The van der Waals surface area contributed by atoms with Gasteiger partial charge in [-0.15, -0.1) is 0 Å². The summed E-state index contributed by atoms with van der Waals surface area (Å²) in [6.45, 7) is 2.22. The second kappa shape index (κ2) is 7.54. The Kier molecular flexibility index (Phi) is 4.99. The minimum absolute atomic E-state index is 0.220. The normalized spacial score (nSPS) is 17.2. The summed E-state index contributed by atoms with van der Waals surface area (Å²) in [6.07, 6.45) is 10.6. The molecule has 0 spiro atoms. The Morgan fingerprint density at radius 2 is 1.48 bits per heavy atom. The molecule has 3 aromatic rings. The predicted molar refractivity (Wildman–Crippen MR) is 105 cm³/mol. The molecular weight excluding hydrogens is 323 g/mol. The third-order valence-corrected chi connectivity index (χ3v) is 6.99. The first-order chi connectivity index (χ1) is 12.3. The molecule has 123 valence electrons. The van der Waals surface area contributed by atoms with E-state index in [1.807, 2.05) is 23.1 Å². The van der Waals surface area contributed by atoms with E-state index >= 15 is 0 Å². The second-order valence-corrected chi connectivity index (χ2v) is 8.22. The zero-order valence-electron chi connectivity index (χ0n) is 14.2. The van der Waals surface area contributed by atoms with Gasteiger partial charge in [0.15, 0.2) is 0 Å². The van der Waals surface area contributed by atoms with Crippen molar-refractivity contribution < 1.29 is 0 Å². The summed E-state index contributed by atoms with van der Waals surface area (Å²) in [7, 11) is -0.579. The van der Waals surface area contributed by atoms with Gasteiger partial charge >= 0.3 is 0 Å². The van der Waals surface area contributed by atoms with Gasteiger partial charge in [0, 0.05) is 24.0 Å². The van der Waals surface area contributed by atoms with Crippen LogP contribution < -0.4 is 10.6 Å². The van der Waals surface area contributed by atoms with Crippen LogP contribution in [0.25, 0.3) is 0 Å². The average Bonchev–Trinajstić information content (AvgIpc) is 3.36. The van der Waals surface area contributed by atoms with E-state index in [0.717, 1.165) is 0 Å². The van der Waals surface area contributed by atoms with Crippen molar-refractivity contribution in [2.45, 2.75) is 13.0 Å². The highest BCUT2D eigenvalue weighted by molar-refractivity contribution is 7.76. The molecule has 1 saturated carbocycles. The van der Waals surface area contributed by atoms with Gasteiger partial charge in [-0.25, -0.2) is 0 Å². The van der Waals surface area contributed by atoms with Gasteiger partial charge in [0.05, 0.1) is 6.04 Å². The van der Waals surface area contributed by atoms with Crippen molar-refractivity contribution in [3.63, 3.8) is 0 Å². The Hall–Kier alpha value is -1.92. The van der Waals surface area contributed by atoms with Gasteiger partial charge in [0.1, 0.15) is 0 Å². The molecule has 0 unspecified atom stereocenters. The molecule has 0 aliphatic heterocycles. The number of aromatic nitrogens is 2. The Morgan fingerprint density at radius 1 is 0.840 bits per heavy atom. The lowest BCUT2D eigenvalue weighted by molar-refractivity contribution is 0.523. The zero-order chi connectivity index (χ0) is 17.1. The molecule has 4 rings (SSSR count). The molecule has 0 bridgehead atoms. The van der Waals surface area contributed by atoms with E-state index in [2.05, 4.69) is 91.9 Å². The molecule has 1 aromatic heterocycles. The summed E-state index contributed by atoms with van der Waals surface area (Å²) in [5.74, 6) is 1.35. The van der Waals surface area contributed by atoms with Crippen LogP contribution in [0.2, 0.25) is 0 Å². The minimum Gasteiger partial charge on any atom is -0.269 e. The van der Waals surface area contributed by atoms with E-state index in [0.29, 0.717) is 0 Å². The highest BCUT2D eigenvalue weighted by atomic mass is 31.1. The van der Waals surface area contributed by atoms with Gasteiger partial charge < -0.3 is 0 Å². The standard InChI is InChI=1S/C22H20N2P/c1-18(24-17-9-16-23-24)21-14-8-15-22(21)25(19-10-4-2-5-11-19)20-12-6-3-7-13-20/h2-18H,1H3/t18-/m1/s1. The topological polar surface area (TPSA) is 17.8 Å². The van der Waals surface area contributed by atoms with Crippen LogP contribution in [0.3, 0.4) is 0 Å².